The van der Waals surface area contributed by atoms with Gasteiger partial charge in [-0.05, 0) is 49.4 Å². The van der Waals surface area contributed by atoms with E-state index in [-0.39, 0.29) is 0 Å². The third-order valence-electron chi connectivity index (χ3n) is 5.24. The lowest BCUT2D eigenvalue weighted by Crippen LogP contribution is -1.91. The first-order valence-corrected chi connectivity index (χ1v) is 6.70. The standard InChI is InChI=1S/C14H20/c1-2-6-10-9(5-1)13(10)14-11-7-3-4-8-12(11)14/h9-12H,1-8H2/t9-,10-,11+,12+. The lowest BCUT2D eigenvalue weighted by molar-refractivity contribution is 0.480. The van der Waals surface area contributed by atoms with E-state index >= 15 is 0 Å². The SMILES string of the molecule is C1CC[C@@H]2C(=C3[C@@H]4CCCC[C@@H]34)[C@H]2C1. The molecular weight excluding hydrogens is 168 g/mol. The molecule has 0 heterocycles. The second-order valence-electron chi connectivity index (χ2n) is 5.91. The minimum absolute atomic E-state index is 1.10. The van der Waals surface area contributed by atoms with E-state index in [9.17, 15) is 0 Å². The second-order valence-corrected chi connectivity index (χ2v) is 5.91. The van der Waals surface area contributed by atoms with Crippen LogP contribution >= 0.6 is 0 Å². The first-order valence-electron chi connectivity index (χ1n) is 6.70. The molecule has 76 valence electrons. The number of hydrogen-bond acceptors (Lipinski definition) is 0. The van der Waals surface area contributed by atoms with E-state index in [2.05, 4.69) is 0 Å². The van der Waals surface area contributed by atoms with Crippen LogP contribution in [-0.4, -0.2) is 0 Å². The summed E-state index contributed by atoms with van der Waals surface area (Å²) in [7, 11) is 0. The summed E-state index contributed by atoms with van der Waals surface area (Å²) in [6.07, 6.45) is 12.3. The Morgan fingerprint density at radius 2 is 0.786 bits per heavy atom. The Kier molecular flexibility index (Phi) is 1.51. The van der Waals surface area contributed by atoms with Gasteiger partial charge in [-0.3, -0.25) is 0 Å². The zero-order valence-corrected chi connectivity index (χ0v) is 8.97. The van der Waals surface area contributed by atoms with Crippen molar-refractivity contribution in [1.29, 1.82) is 0 Å². The summed E-state index contributed by atoms with van der Waals surface area (Å²) in [5.74, 6) is 4.40. The molecule has 4 atom stereocenters. The fraction of sp³-hybridized carbons (Fsp3) is 0.857. The zero-order chi connectivity index (χ0) is 9.12. The van der Waals surface area contributed by atoms with E-state index in [1.165, 1.54) is 25.7 Å². The molecule has 0 aromatic rings. The van der Waals surface area contributed by atoms with Crippen LogP contribution in [0.2, 0.25) is 0 Å². The van der Waals surface area contributed by atoms with E-state index < -0.39 is 0 Å². The van der Waals surface area contributed by atoms with Crippen LogP contribution in [0.1, 0.15) is 51.4 Å². The average Bonchev–Trinajstić information content (AvgIpc) is 3.07. The summed E-state index contributed by atoms with van der Waals surface area (Å²) < 4.78 is 0. The Balaban J connectivity index is 1.61. The Morgan fingerprint density at radius 3 is 1.07 bits per heavy atom. The highest BCUT2D eigenvalue weighted by molar-refractivity contribution is 5.46. The number of allylic oxidation sites excluding steroid dienone is 2. The van der Waals surface area contributed by atoms with Crippen molar-refractivity contribution in [2.75, 3.05) is 0 Å². The molecule has 14 heavy (non-hydrogen) atoms. The topological polar surface area (TPSA) is 0 Å². The molecule has 4 aliphatic rings. The Hall–Kier alpha value is -0.260. The lowest BCUT2D eigenvalue weighted by atomic mass is 10.0. The van der Waals surface area contributed by atoms with Gasteiger partial charge < -0.3 is 0 Å². The van der Waals surface area contributed by atoms with Crippen molar-refractivity contribution >= 4 is 0 Å². The van der Waals surface area contributed by atoms with Crippen molar-refractivity contribution in [3.05, 3.63) is 11.1 Å². The van der Waals surface area contributed by atoms with Crippen molar-refractivity contribution in [1.82, 2.24) is 0 Å². The highest BCUT2D eigenvalue weighted by Crippen LogP contribution is 2.66. The van der Waals surface area contributed by atoms with E-state index in [1.54, 1.807) is 25.7 Å². The molecule has 4 saturated carbocycles. The smallest absolute Gasteiger partial charge is 0.0131 e. The molecular formula is C14H20. The van der Waals surface area contributed by atoms with E-state index in [4.69, 9.17) is 0 Å². The molecule has 0 unspecified atom stereocenters. The molecule has 4 rings (SSSR count). The van der Waals surface area contributed by atoms with Crippen molar-refractivity contribution < 1.29 is 0 Å². The number of fused-ring (bicyclic) bond motifs is 2. The van der Waals surface area contributed by atoms with Gasteiger partial charge in [0.25, 0.3) is 0 Å². The van der Waals surface area contributed by atoms with Crippen molar-refractivity contribution in [3.63, 3.8) is 0 Å². The van der Waals surface area contributed by atoms with Crippen LogP contribution in [0.25, 0.3) is 0 Å². The van der Waals surface area contributed by atoms with Gasteiger partial charge in [-0.25, -0.2) is 0 Å². The number of hydrogen-bond donors (Lipinski definition) is 0. The van der Waals surface area contributed by atoms with Crippen LogP contribution in [0.5, 0.6) is 0 Å². The van der Waals surface area contributed by atoms with Crippen LogP contribution < -0.4 is 0 Å². The molecule has 4 fully saturated rings. The first-order chi connectivity index (χ1) is 6.97. The molecule has 0 N–H and O–H groups in total. The molecule has 4 aliphatic carbocycles. The third kappa shape index (κ3) is 0.951. The van der Waals surface area contributed by atoms with Gasteiger partial charge in [-0.15, -0.1) is 0 Å². The van der Waals surface area contributed by atoms with Gasteiger partial charge in [-0.1, -0.05) is 36.8 Å². The fourth-order valence-corrected chi connectivity index (χ4v) is 4.50. The van der Waals surface area contributed by atoms with Crippen LogP contribution in [0.15, 0.2) is 11.1 Å². The molecule has 0 aromatic carbocycles. The third-order valence-corrected chi connectivity index (χ3v) is 5.24. The lowest BCUT2D eigenvalue weighted by Gasteiger charge is -2.04. The molecule has 0 spiro atoms. The zero-order valence-electron chi connectivity index (χ0n) is 8.97. The summed E-state index contributed by atoms with van der Waals surface area (Å²) in [5, 5.41) is 0. The molecule has 0 heteroatoms. The first kappa shape index (κ1) is 7.96. The highest BCUT2D eigenvalue weighted by Gasteiger charge is 2.55. The Bertz CT molecular complexity index is 241. The fourth-order valence-electron chi connectivity index (χ4n) is 4.50. The van der Waals surface area contributed by atoms with Gasteiger partial charge in [0.15, 0.2) is 0 Å². The highest BCUT2D eigenvalue weighted by atomic mass is 14.6. The van der Waals surface area contributed by atoms with Gasteiger partial charge in [0, 0.05) is 0 Å². The van der Waals surface area contributed by atoms with Crippen molar-refractivity contribution in [3.8, 4) is 0 Å². The summed E-state index contributed by atoms with van der Waals surface area (Å²) in [4.78, 5) is 0. The van der Waals surface area contributed by atoms with Gasteiger partial charge in [0.05, 0.1) is 0 Å². The van der Waals surface area contributed by atoms with E-state index in [0.29, 0.717) is 0 Å². The van der Waals surface area contributed by atoms with Gasteiger partial charge in [0.2, 0.25) is 0 Å². The largest absolute Gasteiger partial charge is 0.0630 e. The molecule has 0 aliphatic heterocycles. The Morgan fingerprint density at radius 1 is 0.500 bits per heavy atom. The summed E-state index contributed by atoms with van der Waals surface area (Å²) in [5.41, 5.74) is 4.00. The monoisotopic (exact) mass is 188 g/mol. The summed E-state index contributed by atoms with van der Waals surface area (Å²) >= 11 is 0. The maximum Gasteiger partial charge on any atom is -0.0131 e. The molecule has 0 saturated heterocycles. The predicted molar refractivity (Wildman–Crippen MR) is 57.9 cm³/mol. The van der Waals surface area contributed by atoms with E-state index in [0.717, 1.165) is 23.7 Å². The molecule has 0 amide bonds. The summed E-state index contributed by atoms with van der Waals surface area (Å²) in [6.45, 7) is 0. The Labute approximate surface area is 86.8 Å². The van der Waals surface area contributed by atoms with Crippen LogP contribution in [0.4, 0.5) is 0 Å². The van der Waals surface area contributed by atoms with Crippen molar-refractivity contribution in [2.45, 2.75) is 51.4 Å². The van der Waals surface area contributed by atoms with Crippen LogP contribution in [0.3, 0.4) is 0 Å². The van der Waals surface area contributed by atoms with Crippen LogP contribution in [-0.2, 0) is 0 Å². The quantitative estimate of drug-likeness (QED) is 0.505. The second kappa shape index (κ2) is 2.65. The van der Waals surface area contributed by atoms with Gasteiger partial charge in [-0.2, -0.15) is 0 Å². The molecule has 0 radical (unpaired) electrons. The minimum Gasteiger partial charge on any atom is -0.0630 e. The van der Waals surface area contributed by atoms with Crippen LogP contribution in [0, 0.1) is 23.7 Å². The molecule has 0 nitrogen and oxygen atoms in total. The molecule has 0 aromatic heterocycles. The maximum atomic E-state index is 2.00. The normalized spacial score (nSPS) is 49.7. The van der Waals surface area contributed by atoms with E-state index in [1.807, 2.05) is 11.1 Å². The minimum atomic E-state index is 1.10. The summed E-state index contributed by atoms with van der Waals surface area (Å²) in [6, 6.07) is 0. The van der Waals surface area contributed by atoms with Gasteiger partial charge in [0.1, 0.15) is 0 Å². The van der Waals surface area contributed by atoms with Gasteiger partial charge >= 0.3 is 0 Å². The number of rotatable bonds is 0. The molecule has 0 bridgehead atoms. The predicted octanol–water partition coefficient (Wildman–Crippen LogP) is 3.92. The van der Waals surface area contributed by atoms with Crippen molar-refractivity contribution in [2.24, 2.45) is 23.7 Å². The maximum absolute atomic E-state index is 2.00. The average molecular weight is 188 g/mol.